The summed E-state index contributed by atoms with van der Waals surface area (Å²) < 4.78 is 5.96. The van der Waals surface area contributed by atoms with Crippen molar-refractivity contribution in [1.82, 2.24) is 10.2 Å². The van der Waals surface area contributed by atoms with Gasteiger partial charge in [-0.15, -0.1) is 0 Å². The summed E-state index contributed by atoms with van der Waals surface area (Å²) in [5.74, 6) is -2.45. The molecular weight excluding hydrogens is 582 g/mol. The fourth-order valence-corrected chi connectivity index (χ4v) is 6.09. The summed E-state index contributed by atoms with van der Waals surface area (Å²) in [5, 5.41) is 17.5. The molecule has 1 aliphatic rings. The van der Waals surface area contributed by atoms with Crippen LogP contribution in [0.4, 0.5) is 0 Å². The monoisotopic (exact) mass is 617 g/mol. The first-order valence-electron chi connectivity index (χ1n) is 15.1. The van der Waals surface area contributed by atoms with Gasteiger partial charge in [-0.3, -0.25) is 9.59 Å². The van der Waals surface area contributed by atoms with Crippen LogP contribution in [-0.2, 0) is 31.1 Å². The van der Waals surface area contributed by atoms with Crippen LogP contribution in [0.5, 0.6) is 0 Å². The van der Waals surface area contributed by atoms with Gasteiger partial charge < -0.3 is 20.1 Å². The summed E-state index contributed by atoms with van der Waals surface area (Å²) in [4.78, 5) is 44.4. The third-order valence-corrected chi connectivity index (χ3v) is 8.29. The SMILES string of the molecule is C[C@@H]1O[C@H]([C@H](Cc2ccccc2)N=[N+]=[N-])CN([C@@H](CC(=O)NC(c2ccccc2)(c2ccccc2)c2ccccc2)C(=O)O)C1=O. The number of hydrogen-bond acceptors (Lipinski definition) is 5. The highest BCUT2D eigenvalue weighted by molar-refractivity contribution is 5.91. The Bertz CT molecular complexity index is 1580. The summed E-state index contributed by atoms with van der Waals surface area (Å²) in [6.07, 6.45) is -1.98. The van der Waals surface area contributed by atoms with E-state index in [0.717, 1.165) is 22.3 Å². The van der Waals surface area contributed by atoms with Gasteiger partial charge in [0.2, 0.25) is 5.91 Å². The summed E-state index contributed by atoms with van der Waals surface area (Å²) >= 11 is 0. The fraction of sp³-hybridized carbons (Fsp3) is 0.250. The molecule has 0 bridgehead atoms. The van der Waals surface area contributed by atoms with E-state index in [1.807, 2.05) is 121 Å². The van der Waals surface area contributed by atoms with E-state index in [4.69, 9.17) is 4.74 Å². The van der Waals surface area contributed by atoms with Gasteiger partial charge in [0.1, 0.15) is 17.7 Å². The minimum Gasteiger partial charge on any atom is -0.480 e. The number of morpholine rings is 1. The van der Waals surface area contributed by atoms with Crippen LogP contribution in [0.1, 0.15) is 35.6 Å². The van der Waals surface area contributed by atoms with E-state index in [0.29, 0.717) is 6.42 Å². The molecule has 0 saturated carbocycles. The normalized spacial score (nSPS) is 17.8. The standard InChI is InChI=1S/C36H35N5O5/c1-25-34(43)41(24-32(46-25)30(39-40-37)22-26-14-6-2-7-15-26)31(35(44)45)23-33(42)38-36(27-16-8-3-9-17-27,28-18-10-4-11-19-28)29-20-12-5-13-21-29/h2-21,25,30-32H,22-24H2,1H3,(H,38,42)(H,44,45)/t25-,30-,31-,32-/m0/s1. The highest BCUT2D eigenvalue weighted by atomic mass is 16.5. The second-order valence-electron chi connectivity index (χ2n) is 11.2. The maximum Gasteiger partial charge on any atom is 0.326 e. The van der Waals surface area contributed by atoms with Crippen molar-refractivity contribution in [2.24, 2.45) is 5.11 Å². The zero-order valence-corrected chi connectivity index (χ0v) is 25.3. The minimum atomic E-state index is -1.50. The number of carbonyl (C=O) groups is 3. The van der Waals surface area contributed by atoms with E-state index in [1.165, 1.54) is 11.8 Å². The Hall–Kier alpha value is -5.44. The molecule has 2 amide bonds. The number of benzene rings is 4. The molecule has 4 atom stereocenters. The number of carboxylic acid groups (broad SMARTS) is 1. The average Bonchev–Trinajstić information content (AvgIpc) is 3.09. The third-order valence-electron chi connectivity index (χ3n) is 8.29. The quantitative estimate of drug-likeness (QED) is 0.0937. The van der Waals surface area contributed by atoms with Crippen LogP contribution in [0.15, 0.2) is 126 Å². The molecule has 0 aliphatic carbocycles. The van der Waals surface area contributed by atoms with Gasteiger partial charge in [0.05, 0.1) is 18.6 Å². The summed E-state index contributed by atoms with van der Waals surface area (Å²) in [6, 6.07) is 35.6. The molecule has 10 nitrogen and oxygen atoms in total. The van der Waals surface area contributed by atoms with Crippen molar-refractivity contribution < 1.29 is 24.2 Å². The summed E-state index contributed by atoms with van der Waals surface area (Å²) in [6.45, 7) is 1.37. The zero-order chi connectivity index (χ0) is 32.5. The molecule has 0 spiro atoms. The van der Waals surface area contributed by atoms with Crippen molar-refractivity contribution in [1.29, 1.82) is 0 Å². The minimum absolute atomic E-state index is 0.162. The first-order valence-corrected chi connectivity index (χ1v) is 15.1. The van der Waals surface area contributed by atoms with Crippen LogP contribution in [0.2, 0.25) is 0 Å². The van der Waals surface area contributed by atoms with Gasteiger partial charge in [-0.1, -0.05) is 126 Å². The molecule has 1 saturated heterocycles. The van der Waals surface area contributed by atoms with E-state index in [1.54, 1.807) is 0 Å². The zero-order valence-electron chi connectivity index (χ0n) is 25.3. The number of ether oxygens (including phenoxy) is 1. The van der Waals surface area contributed by atoms with Crippen molar-refractivity contribution in [2.75, 3.05) is 6.54 Å². The van der Waals surface area contributed by atoms with E-state index in [2.05, 4.69) is 15.3 Å². The van der Waals surface area contributed by atoms with Gasteiger partial charge >= 0.3 is 5.97 Å². The molecule has 1 fully saturated rings. The number of nitrogens with one attached hydrogen (secondary N) is 1. The van der Waals surface area contributed by atoms with Gasteiger partial charge in [-0.25, -0.2) is 4.79 Å². The number of nitrogens with zero attached hydrogens (tertiary/aromatic N) is 4. The lowest BCUT2D eigenvalue weighted by Crippen LogP contribution is -2.60. The Balaban J connectivity index is 1.47. The molecule has 0 unspecified atom stereocenters. The van der Waals surface area contributed by atoms with Gasteiger partial charge in [0.15, 0.2) is 0 Å². The largest absolute Gasteiger partial charge is 0.480 e. The molecule has 234 valence electrons. The van der Waals surface area contributed by atoms with Crippen LogP contribution in [0.25, 0.3) is 10.4 Å². The number of amides is 2. The van der Waals surface area contributed by atoms with Crippen LogP contribution >= 0.6 is 0 Å². The number of azide groups is 1. The smallest absolute Gasteiger partial charge is 0.326 e. The van der Waals surface area contributed by atoms with Crippen molar-refractivity contribution in [3.63, 3.8) is 0 Å². The van der Waals surface area contributed by atoms with Crippen LogP contribution in [0, 0.1) is 0 Å². The van der Waals surface area contributed by atoms with Crippen LogP contribution in [-0.4, -0.2) is 58.6 Å². The molecular formula is C36H35N5O5. The molecule has 0 radical (unpaired) electrons. The van der Waals surface area contributed by atoms with Crippen molar-refractivity contribution in [2.45, 2.75) is 49.6 Å². The molecule has 46 heavy (non-hydrogen) atoms. The Morgan fingerprint density at radius 2 is 1.39 bits per heavy atom. The molecule has 1 aliphatic heterocycles. The second-order valence-corrected chi connectivity index (χ2v) is 11.2. The number of carboxylic acids is 1. The number of rotatable bonds is 12. The van der Waals surface area contributed by atoms with Gasteiger partial charge in [-0.05, 0) is 41.1 Å². The van der Waals surface area contributed by atoms with E-state index >= 15 is 0 Å². The average molecular weight is 618 g/mol. The molecule has 0 aromatic heterocycles. The van der Waals surface area contributed by atoms with Crippen molar-refractivity contribution in [3.8, 4) is 0 Å². The first kappa shape index (κ1) is 32.0. The van der Waals surface area contributed by atoms with Gasteiger partial charge in [0, 0.05) is 11.5 Å². The molecule has 5 rings (SSSR count). The molecule has 4 aromatic carbocycles. The molecule has 10 heteroatoms. The lowest BCUT2D eigenvalue weighted by Gasteiger charge is -2.41. The Labute approximate surface area is 267 Å². The lowest BCUT2D eigenvalue weighted by molar-refractivity contribution is -0.172. The van der Waals surface area contributed by atoms with E-state index in [-0.39, 0.29) is 6.54 Å². The van der Waals surface area contributed by atoms with Crippen LogP contribution < -0.4 is 5.32 Å². The lowest BCUT2D eigenvalue weighted by atomic mass is 9.77. The summed E-state index contributed by atoms with van der Waals surface area (Å²) in [5.41, 5.74) is 11.4. The third kappa shape index (κ3) is 6.94. The summed E-state index contributed by atoms with van der Waals surface area (Å²) in [7, 11) is 0. The van der Waals surface area contributed by atoms with Crippen molar-refractivity contribution in [3.05, 3.63) is 154 Å². The maximum absolute atomic E-state index is 14.1. The predicted molar refractivity (Wildman–Crippen MR) is 173 cm³/mol. The Morgan fingerprint density at radius 3 is 1.85 bits per heavy atom. The Kier molecular flexibility index (Phi) is 10.1. The highest BCUT2D eigenvalue weighted by Gasteiger charge is 2.44. The van der Waals surface area contributed by atoms with E-state index in [9.17, 15) is 25.0 Å². The maximum atomic E-state index is 14.1. The highest BCUT2D eigenvalue weighted by Crippen LogP contribution is 2.37. The van der Waals surface area contributed by atoms with Crippen LogP contribution in [0.3, 0.4) is 0 Å². The molecule has 1 heterocycles. The van der Waals surface area contributed by atoms with E-state index < -0.39 is 54.0 Å². The Morgan fingerprint density at radius 1 is 0.913 bits per heavy atom. The molecule has 4 aromatic rings. The van der Waals surface area contributed by atoms with Gasteiger partial charge in [-0.2, -0.15) is 0 Å². The molecule has 2 N–H and O–H groups in total. The fourth-order valence-electron chi connectivity index (χ4n) is 6.09. The first-order chi connectivity index (χ1) is 22.3. The topological polar surface area (TPSA) is 145 Å². The van der Waals surface area contributed by atoms with Crippen molar-refractivity contribution >= 4 is 17.8 Å². The number of hydrogen-bond donors (Lipinski definition) is 2. The second kappa shape index (κ2) is 14.6. The predicted octanol–water partition coefficient (Wildman–Crippen LogP) is 5.48. The number of aliphatic carboxylic acids is 1. The number of carbonyl (C=O) groups excluding carboxylic acids is 2. The van der Waals surface area contributed by atoms with Gasteiger partial charge in [0.25, 0.3) is 5.91 Å².